The van der Waals surface area contributed by atoms with Crippen LogP contribution in [0.5, 0.6) is 0 Å². The molecular formula is C20H30F3N5O. The van der Waals surface area contributed by atoms with Gasteiger partial charge in [0.2, 0.25) is 0 Å². The van der Waals surface area contributed by atoms with Crippen LogP contribution < -0.4 is 10.2 Å². The summed E-state index contributed by atoms with van der Waals surface area (Å²) in [6.45, 7) is 2.83. The van der Waals surface area contributed by atoms with E-state index in [2.05, 4.69) is 15.2 Å². The number of nitrogens with zero attached hydrogens (tertiary/aromatic N) is 4. The second-order valence-corrected chi connectivity index (χ2v) is 7.81. The third kappa shape index (κ3) is 7.06. The Morgan fingerprint density at radius 1 is 1.00 bits per heavy atom. The molecule has 1 aromatic heterocycles. The van der Waals surface area contributed by atoms with Gasteiger partial charge in [0.25, 0.3) is 0 Å². The van der Waals surface area contributed by atoms with Gasteiger partial charge in [-0.05, 0) is 37.0 Å². The van der Waals surface area contributed by atoms with Gasteiger partial charge in [-0.15, -0.1) is 0 Å². The van der Waals surface area contributed by atoms with E-state index in [9.17, 15) is 18.0 Å². The van der Waals surface area contributed by atoms with E-state index in [4.69, 9.17) is 0 Å². The monoisotopic (exact) mass is 413 g/mol. The molecule has 0 atom stereocenters. The van der Waals surface area contributed by atoms with E-state index in [-0.39, 0.29) is 12.6 Å². The topological polar surface area (TPSA) is 51.7 Å². The maximum Gasteiger partial charge on any atom is 0.401 e. The Balaban J connectivity index is 1.49. The van der Waals surface area contributed by atoms with Gasteiger partial charge in [-0.2, -0.15) is 13.2 Å². The first-order valence-corrected chi connectivity index (χ1v) is 10.4. The van der Waals surface area contributed by atoms with Gasteiger partial charge in [0.15, 0.2) is 0 Å². The second kappa shape index (κ2) is 10.1. The molecular weight excluding hydrogens is 383 g/mol. The molecule has 0 unspecified atom stereocenters. The molecule has 9 heteroatoms. The number of halogens is 3. The largest absolute Gasteiger partial charge is 0.401 e. The van der Waals surface area contributed by atoms with Gasteiger partial charge in [-0.25, -0.2) is 9.78 Å². The number of pyridine rings is 1. The molecule has 0 aromatic carbocycles. The van der Waals surface area contributed by atoms with E-state index < -0.39 is 12.7 Å². The summed E-state index contributed by atoms with van der Waals surface area (Å²) in [6, 6.07) is 3.67. The minimum atomic E-state index is -4.20. The van der Waals surface area contributed by atoms with Crippen molar-refractivity contribution in [1.29, 1.82) is 0 Å². The number of aromatic nitrogens is 1. The van der Waals surface area contributed by atoms with Crippen molar-refractivity contribution in [3.63, 3.8) is 0 Å². The summed E-state index contributed by atoms with van der Waals surface area (Å²) in [5.41, 5.74) is 0.973. The third-order valence-electron chi connectivity index (χ3n) is 5.46. The lowest BCUT2D eigenvalue weighted by atomic mass is 10.2. The Kier molecular flexibility index (Phi) is 7.57. The zero-order valence-corrected chi connectivity index (χ0v) is 16.8. The number of rotatable bonds is 4. The molecule has 2 fully saturated rings. The summed E-state index contributed by atoms with van der Waals surface area (Å²) in [5.74, 6) is 0.941. The molecule has 29 heavy (non-hydrogen) atoms. The molecule has 2 aliphatic rings. The summed E-state index contributed by atoms with van der Waals surface area (Å²) in [5, 5.41) is 2.90. The molecule has 1 N–H and O–H groups in total. The van der Waals surface area contributed by atoms with Crippen LogP contribution in [0.1, 0.15) is 37.7 Å². The van der Waals surface area contributed by atoms with Gasteiger partial charge in [-0.3, -0.25) is 4.90 Å². The van der Waals surface area contributed by atoms with Gasteiger partial charge < -0.3 is 15.1 Å². The number of amides is 2. The van der Waals surface area contributed by atoms with Crippen LogP contribution in [-0.4, -0.2) is 72.8 Å². The van der Waals surface area contributed by atoms with Crippen LogP contribution in [0.25, 0.3) is 0 Å². The highest BCUT2D eigenvalue weighted by molar-refractivity contribution is 5.74. The summed E-state index contributed by atoms with van der Waals surface area (Å²) in [6.07, 6.45) is 2.95. The number of carbonyl (C=O) groups is 1. The molecule has 0 radical (unpaired) electrons. The van der Waals surface area contributed by atoms with E-state index in [0.717, 1.165) is 24.5 Å². The summed E-state index contributed by atoms with van der Waals surface area (Å²) in [4.78, 5) is 22.2. The predicted molar refractivity (Wildman–Crippen MR) is 106 cm³/mol. The van der Waals surface area contributed by atoms with Crippen molar-refractivity contribution in [3.05, 3.63) is 23.9 Å². The SMILES string of the molecule is O=C(NCc1ccnc(N2CCCCCC2)c1)N1CCCN(CC(F)(F)F)CC1. The molecule has 2 amide bonds. The summed E-state index contributed by atoms with van der Waals surface area (Å²) >= 11 is 0. The maximum atomic E-state index is 12.6. The minimum absolute atomic E-state index is 0.230. The van der Waals surface area contributed by atoms with Gasteiger partial charge >= 0.3 is 12.2 Å². The predicted octanol–water partition coefficient (Wildman–Crippen LogP) is 3.24. The molecule has 0 spiro atoms. The molecule has 0 saturated carbocycles. The number of carbonyl (C=O) groups excluding carboxylic acids is 1. The smallest absolute Gasteiger partial charge is 0.357 e. The van der Waals surface area contributed by atoms with E-state index in [1.807, 2.05) is 12.1 Å². The number of alkyl halides is 3. The summed E-state index contributed by atoms with van der Waals surface area (Å²) in [7, 11) is 0. The fourth-order valence-electron chi connectivity index (χ4n) is 3.92. The van der Waals surface area contributed by atoms with Crippen molar-refractivity contribution < 1.29 is 18.0 Å². The third-order valence-corrected chi connectivity index (χ3v) is 5.46. The molecule has 2 saturated heterocycles. The first-order chi connectivity index (χ1) is 13.9. The van der Waals surface area contributed by atoms with Gasteiger partial charge in [-0.1, -0.05) is 12.8 Å². The highest BCUT2D eigenvalue weighted by Gasteiger charge is 2.31. The highest BCUT2D eigenvalue weighted by atomic mass is 19.4. The number of urea groups is 1. The van der Waals surface area contributed by atoms with Crippen molar-refractivity contribution >= 4 is 11.8 Å². The van der Waals surface area contributed by atoms with Crippen molar-refractivity contribution in [1.82, 2.24) is 20.1 Å². The fraction of sp³-hybridized carbons (Fsp3) is 0.700. The van der Waals surface area contributed by atoms with Crippen LogP contribution in [0.4, 0.5) is 23.8 Å². The Hall–Kier alpha value is -2.03. The molecule has 0 bridgehead atoms. The second-order valence-electron chi connectivity index (χ2n) is 7.81. The lowest BCUT2D eigenvalue weighted by molar-refractivity contribution is -0.145. The first kappa shape index (κ1) is 21.7. The van der Waals surface area contributed by atoms with Gasteiger partial charge in [0.05, 0.1) is 6.54 Å². The Labute approximate surface area is 170 Å². The van der Waals surface area contributed by atoms with Crippen LogP contribution in [-0.2, 0) is 6.54 Å². The minimum Gasteiger partial charge on any atom is -0.357 e. The van der Waals surface area contributed by atoms with E-state index in [1.54, 1.807) is 11.1 Å². The fourth-order valence-corrected chi connectivity index (χ4v) is 3.92. The lowest BCUT2D eigenvalue weighted by Gasteiger charge is -2.23. The molecule has 1 aromatic rings. The molecule has 2 aliphatic heterocycles. The van der Waals surface area contributed by atoms with Crippen LogP contribution >= 0.6 is 0 Å². The molecule has 162 valence electrons. The number of hydrogen-bond donors (Lipinski definition) is 1. The zero-order valence-electron chi connectivity index (χ0n) is 16.8. The summed E-state index contributed by atoms with van der Waals surface area (Å²) < 4.78 is 37.8. The van der Waals surface area contributed by atoms with Crippen molar-refractivity contribution in [2.45, 2.75) is 44.8 Å². The first-order valence-electron chi connectivity index (χ1n) is 10.4. The van der Waals surface area contributed by atoms with Crippen molar-refractivity contribution in [2.75, 3.05) is 50.7 Å². The molecule has 3 heterocycles. The van der Waals surface area contributed by atoms with E-state index in [0.29, 0.717) is 32.6 Å². The normalized spacial score (nSPS) is 19.6. The Morgan fingerprint density at radius 2 is 1.76 bits per heavy atom. The lowest BCUT2D eigenvalue weighted by Crippen LogP contribution is -2.42. The van der Waals surface area contributed by atoms with E-state index in [1.165, 1.54) is 30.6 Å². The van der Waals surface area contributed by atoms with Gasteiger partial charge in [0, 0.05) is 52.0 Å². The van der Waals surface area contributed by atoms with Crippen LogP contribution in [0, 0.1) is 0 Å². The quantitative estimate of drug-likeness (QED) is 0.824. The average molecular weight is 413 g/mol. The number of hydrogen-bond acceptors (Lipinski definition) is 4. The Morgan fingerprint density at radius 3 is 2.48 bits per heavy atom. The standard InChI is InChI=1S/C20H30F3N5O/c21-20(22,23)16-26-8-5-11-28(13-12-26)19(29)25-15-17-6-7-24-18(14-17)27-9-3-1-2-4-10-27/h6-7,14H,1-5,8-13,15-16H2,(H,25,29). The number of nitrogens with one attached hydrogen (secondary N) is 1. The van der Waals surface area contributed by atoms with Crippen LogP contribution in [0.3, 0.4) is 0 Å². The Bertz CT molecular complexity index is 662. The van der Waals surface area contributed by atoms with Gasteiger partial charge in [0.1, 0.15) is 5.82 Å². The maximum absolute atomic E-state index is 12.6. The van der Waals surface area contributed by atoms with Crippen LogP contribution in [0.2, 0.25) is 0 Å². The van der Waals surface area contributed by atoms with E-state index >= 15 is 0 Å². The van der Waals surface area contributed by atoms with Crippen LogP contribution in [0.15, 0.2) is 18.3 Å². The average Bonchev–Trinajstić information content (AvgIpc) is 3.08. The van der Waals surface area contributed by atoms with Crippen molar-refractivity contribution in [2.24, 2.45) is 0 Å². The number of anilines is 1. The molecule has 0 aliphatic carbocycles. The zero-order chi connectivity index (χ0) is 20.7. The highest BCUT2D eigenvalue weighted by Crippen LogP contribution is 2.19. The molecule has 6 nitrogen and oxygen atoms in total. The molecule has 3 rings (SSSR count). The van der Waals surface area contributed by atoms with Crippen molar-refractivity contribution in [3.8, 4) is 0 Å².